The lowest BCUT2D eigenvalue weighted by Crippen LogP contribution is -2.26. The molecule has 0 amide bonds. The van der Waals surface area contributed by atoms with Crippen molar-refractivity contribution in [3.63, 3.8) is 0 Å². The van der Waals surface area contributed by atoms with Crippen molar-refractivity contribution in [1.82, 2.24) is 0 Å². The van der Waals surface area contributed by atoms with Crippen molar-refractivity contribution >= 4 is 5.97 Å². The molecule has 4 nitrogen and oxygen atoms in total. The number of rotatable bonds is 10. The van der Waals surface area contributed by atoms with Crippen LogP contribution in [0.1, 0.15) is 71.1 Å². The van der Waals surface area contributed by atoms with Crippen LogP contribution in [0.15, 0.2) is 0 Å². The highest BCUT2D eigenvalue weighted by Crippen LogP contribution is 2.18. The van der Waals surface area contributed by atoms with Crippen molar-refractivity contribution in [1.29, 1.82) is 0 Å². The second kappa shape index (κ2) is 11.1. The van der Waals surface area contributed by atoms with Crippen LogP contribution < -0.4 is 0 Å². The largest absolute Gasteiger partial charge is 0.469 e. The van der Waals surface area contributed by atoms with E-state index in [2.05, 4.69) is 11.7 Å². The molecule has 2 atom stereocenters. The number of carbonyl (C=O) groups excluding carboxylic acids is 1. The molecular formula is C16H30O4. The number of hydrogen-bond donors (Lipinski definition) is 0. The highest BCUT2D eigenvalue weighted by Gasteiger charge is 2.16. The molecule has 0 saturated carbocycles. The van der Waals surface area contributed by atoms with E-state index in [0.29, 0.717) is 6.42 Å². The molecule has 0 aliphatic carbocycles. The van der Waals surface area contributed by atoms with Crippen molar-refractivity contribution < 1.29 is 19.0 Å². The van der Waals surface area contributed by atoms with Crippen molar-refractivity contribution in [2.45, 2.75) is 83.5 Å². The third kappa shape index (κ3) is 8.54. The molecule has 0 aromatic heterocycles. The normalized spacial score (nSPS) is 20.6. The number of esters is 1. The summed E-state index contributed by atoms with van der Waals surface area (Å²) in [5.41, 5.74) is 0. The zero-order valence-corrected chi connectivity index (χ0v) is 13.1. The van der Waals surface area contributed by atoms with E-state index >= 15 is 0 Å². The minimum Gasteiger partial charge on any atom is -0.469 e. The predicted octanol–water partition coefficient (Wildman–Crippen LogP) is 3.82. The Labute approximate surface area is 123 Å². The Kier molecular flexibility index (Phi) is 9.67. The van der Waals surface area contributed by atoms with Gasteiger partial charge in [0.05, 0.1) is 13.2 Å². The van der Waals surface area contributed by atoms with E-state index in [0.717, 1.165) is 32.3 Å². The molecule has 0 bridgehead atoms. The summed E-state index contributed by atoms with van der Waals surface area (Å²) >= 11 is 0. The van der Waals surface area contributed by atoms with Gasteiger partial charge in [-0.15, -0.1) is 0 Å². The summed E-state index contributed by atoms with van der Waals surface area (Å²) in [7, 11) is 1.44. The summed E-state index contributed by atoms with van der Waals surface area (Å²) in [6.45, 7) is 2.98. The van der Waals surface area contributed by atoms with E-state index < -0.39 is 0 Å². The minimum absolute atomic E-state index is 0.0267. The number of methoxy groups -OCH3 is 1. The van der Waals surface area contributed by atoms with Gasteiger partial charge in [0, 0.05) is 13.0 Å². The van der Waals surface area contributed by atoms with E-state index in [1.807, 2.05) is 0 Å². The standard InChI is InChI=1S/C16H30O4/c1-14(20-16-12-8-9-13-19-16)10-6-4-3-5-7-11-15(17)18-2/h14,16H,3-13H2,1-2H3. The average molecular weight is 286 g/mol. The summed E-state index contributed by atoms with van der Waals surface area (Å²) in [6, 6.07) is 0. The highest BCUT2D eigenvalue weighted by atomic mass is 16.7. The molecule has 20 heavy (non-hydrogen) atoms. The van der Waals surface area contributed by atoms with Crippen LogP contribution in [0.4, 0.5) is 0 Å². The topological polar surface area (TPSA) is 44.8 Å². The van der Waals surface area contributed by atoms with Gasteiger partial charge in [0.2, 0.25) is 0 Å². The fourth-order valence-electron chi connectivity index (χ4n) is 2.48. The molecule has 4 heteroatoms. The van der Waals surface area contributed by atoms with Gasteiger partial charge in [-0.3, -0.25) is 4.79 Å². The van der Waals surface area contributed by atoms with Gasteiger partial charge in [-0.05, 0) is 39.0 Å². The van der Waals surface area contributed by atoms with Crippen LogP contribution in [0.5, 0.6) is 0 Å². The molecule has 0 N–H and O–H groups in total. The lowest BCUT2D eigenvalue weighted by Gasteiger charge is -2.26. The maximum atomic E-state index is 10.9. The third-order valence-electron chi connectivity index (χ3n) is 3.74. The summed E-state index contributed by atoms with van der Waals surface area (Å²) < 4.78 is 16.1. The molecular weight excluding hydrogens is 256 g/mol. The second-order valence-corrected chi connectivity index (χ2v) is 5.63. The van der Waals surface area contributed by atoms with Crippen molar-refractivity contribution in [3.05, 3.63) is 0 Å². The van der Waals surface area contributed by atoms with Crippen LogP contribution >= 0.6 is 0 Å². The first-order chi connectivity index (χ1) is 9.72. The van der Waals surface area contributed by atoms with Gasteiger partial charge in [-0.2, -0.15) is 0 Å². The predicted molar refractivity (Wildman–Crippen MR) is 78.5 cm³/mol. The SMILES string of the molecule is COC(=O)CCCCCCCC(C)OC1CCCCO1. The zero-order chi connectivity index (χ0) is 14.6. The maximum Gasteiger partial charge on any atom is 0.305 e. The van der Waals surface area contributed by atoms with Crippen LogP contribution in [0.3, 0.4) is 0 Å². The maximum absolute atomic E-state index is 10.9. The lowest BCUT2D eigenvalue weighted by atomic mass is 10.1. The molecule has 1 rings (SSSR count). The van der Waals surface area contributed by atoms with Gasteiger partial charge in [0.25, 0.3) is 0 Å². The Balaban J connectivity index is 1.88. The number of carbonyl (C=O) groups is 1. The minimum atomic E-state index is -0.0977. The van der Waals surface area contributed by atoms with E-state index in [-0.39, 0.29) is 18.4 Å². The molecule has 0 radical (unpaired) electrons. The smallest absolute Gasteiger partial charge is 0.305 e. The lowest BCUT2D eigenvalue weighted by molar-refractivity contribution is -0.185. The molecule has 0 spiro atoms. The molecule has 0 aromatic carbocycles. The Morgan fingerprint density at radius 1 is 1.20 bits per heavy atom. The molecule has 1 aliphatic heterocycles. The van der Waals surface area contributed by atoms with Crippen LogP contribution in [0.25, 0.3) is 0 Å². The highest BCUT2D eigenvalue weighted by molar-refractivity contribution is 5.68. The second-order valence-electron chi connectivity index (χ2n) is 5.63. The van der Waals surface area contributed by atoms with E-state index in [9.17, 15) is 4.79 Å². The van der Waals surface area contributed by atoms with Gasteiger partial charge >= 0.3 is 5.97 Å². The summed E-state index contributed by atoms with van der Waals surface area (Å²) in [6.07, 6.45) is 11.0. The zero-order valence-electron chi connectivity index (χ0n) is 13.1. The Hall–Kier alpha value is -0.610. The molecule has 118 valence electrons. The molecule has 1 aliphatic rings. The van der Waals surface area contributed by atoms with Crippen LogP contribution in [-0.4, -0.2) is 32.1 Å². The number of ether oxygens (including phenoxy) is 3. The molecule has 0 aromatic rings. The van der Waals surface area contributed by atoms with Gasteiger partial charge in [-0.25, -0.2) is 0 Å². The van der Waals surface area contributed by atoms with Crippen LogP contribution in [0.2, 0.25) is 0 Å². The fraction of sp³-hybridized carbons (Fsp3) is 0.938. The van der Waals surface area contributed by atoms with E-state index in [4.69, 9.17) is 9.47 Å². The fourth-order valence-corrected chi connectivity index (χ4v) is 2.48. The average Bonchev–Trinajstić information content (AvgIpc) is 2.47. The first kappa shape index (κ1) is 17.4. The Bertz CT molecular complexity index is 249. The summed E-state index contributed by atoms with van der Waals surface area (Å²) in [5.74, 6) is -0.0977. The number of hydrogen-bond acceptors (Lipinski definition) is 4. The van der Waals surface area contributed by atoms with E-state index in [1.54, 1.807) is 0 Å². The van der Waals surface area contributed by atoms with Gasteiger partial charge in [0.15, 0.2) is 6.29 Å². The summed E-state index contributed by atoms with van der Waals surface area (Å²) in [5, 5.41) is 0. The molecule has 1 heterocycles. The molecule has 2 unspecified atom stereocenters. The first-order valence-electron chi connectivity index (χ1n) is 8.06. The van der Waals surface area contributed by atoms with Crippen molar-refractivity contribution in [2.24, 2.45) is 0 Å². The number of unbranched alkanes of at least 4 members (excludes halogenated alkanes) is 4. The Morgan fingerprint density at radius 3 is 2.65 bits per heavy atom. The molecule has 1 fully saturated rings. The van der Waals surface area contributed by atoms with Crippen LogP contribution in [0, 0.1) is 0 Å². The van der Waals surface area contributed by atoms with Gasteiger partial charge < -0.3 is 14.2 Å². The Morgan fingerprint density at radius 2 is 1.95 bits per heavy atom. The summed E-state index contributed by atoms with van der Waals surface area (Å²) in [4.78, 5) is 10.9. The van der Waals surface area contributed by atoms with Crippen LogP contribution in [-0.2, 0) is 19.0 Å². The monoisotopic (exact) mass is 286 g/mol. The van der Waals surface area contributed by atoms with Crippen molar-refractivity contribution in [3.8, 4) is 0 Å². The van der Waals surface area contributed by atoms with Gasteiger partial charge in [-0.1, -0.05) is 25.7 Å². The van der Waals surface area contributed by atoms with Gasteiger partial charge in [0.1, 0.15) is 0 Å². The first-order valence-corrected chi connectivity index (χ1v) is 8.06. The van der Waals surface area contributed by atoms with Crippen molar-refractivity contribution in [2.75, 3.05) is 13.7 Å². The van der Waals surface area contributed by atoms with E-state index in [1.165, 1.54) is 39.2 Å². The molecule has 1 saturated heterocycles. The third-order valence-corrected chi connectivity index (χ3v) is 3.74. The quantitative estimate of drug-likeness (QED) is 0.452.